The van der Waals surface area contributed by atoms with Crippen molar-refractivity contribution in [1.29, 1.82) is 0 Å². The zero-order valence-corrected chi connectivity index (χ0v) is 8.03. The predicted molar refractivity (Wildman–Crippen MR) is 50.3 cm³/mol. The third-order valence-corrected chi connectivity index (χ3v) is 3.00. The molecule has 0 aliphatic carbocycles. The lowest BCUT2D eigenvalue weighted by Crippen LogP contribution is -2.54. The van der Waals surface area contributed by atoms with E-state index in [0.717, 1.165) is 25.9 Å². The molecule has 3 N–H and O–H groups in total. The van der Waals surface area contributed by atoms with Crippen molar-refractivity contribution < 1.29 is 9.59 Å². The molecule has 0 aromatic rings. The minimum Gasteiger partial charge on any atom is -0.368 e. The van der Waals surface area contributed by atoms with Gasteiger partial charge in [-0.1, -0.05) is 0 Å². The second-order valence-corrected chi connectivity index (χ2v) is 3.95. The molecule has 2 aliphatic heterocycles. The van der Waals surface area contributed by atoms with Crippen LogP contribution >= 0.6 is 0 Å². The van der Waals surface area contributed by atoms with Crippen molar-refractivity contribution in [2.75, 3.05) is 19.6 Å². The lowest BCUT2D eigenvalue weighted by molar-refractivity contribution is -0.141. The molecule has 14 heavy (non-hydrogen) atoms. The highest BCUT2D eigenvalue weighted by atomic mass is 16.2. The summed E-state index contributed by atoms with van der Waals surface area (Å²) >= 11 is 0. The van der Waals surface area contributed by atoms with Crippen LogP contribution in [0, 0.1) is 5.92 Å². The molecule has 0 bridgehead atoms. The van der Waals surface area contributed by atoms with Gasteiger partial charge in [-0.25, -0.2) is 0 Å². The van der Waals surface area contributed by atoms with Crippen molar-refractivity contribution >= 4 is 11.8 Å². The number of likely N-dealkylation sites (tertiary alicyclic amines) is 1. The van der Waals surface area contributed by atoms with Crippen LogP contribution in [0.25, 0.3) is 0 Å². The van der Waals surface area contributed by atoms with E-state index in [1.807, 2.05) is 0 Å². The second-order valence-electron chi connectivity index (χ2n) is 3.95. The van der Waals surface area contributed by atoms with Crippen LogP contribution in [0.3, 0.4) is 0 Å². The third-order valence-electron chi connectivity index (χ3n) is 3.00. The summed E-state index contributed by atoms with van der Waals surface area (Å²) in [6, 6.07) is -0.358. The molecule has 0 radical (unpaired) electrons. The van der Waals surface area contributed by atoms with Crippen LogP contribution in [0.4, 0.5) is 0 Å². The van der Waals surface area contributed by atoms with Gasteiger partial charge in [0.05, 0.1) is 5.92 Å². The molecule has 2 aliphatic rings. The molecular formula is C9H15N3O2. The summed E-state index contributed by atoms with van der Waals surface area (Å²) in [5.74, 6) is -0.219. The van der Waals surface area contributed by atoms with Crippen LogP contribution in [0.5, 0.6) is 0 Å². The van der Waals surface area contributed by atoms with E-state index in [1.165, 1.54) is 0 Å². The smallest absolute Gasteiger partial charge is 0.240 e. The Bertz CT molecular complexity index is 263. The summed E-state index contributed by atoms with van der Waals surface area (Å²) in [6.07, 6.45) is 1.61. The number of nitrogens with zero attached hydrogens (tertiary/aromatic N) is 1. The molecule has 0 aromatic heterocycles. The molecular weight excluding hydrogens is 182 g/mol. The number of amides is 2. The Morgan fingerprint density at radius 3 is 2.57 bits per heavy atom. The third kappa shape index (κ3) is 1.48. The van der Waals surface area contributed by atoms with Crippen LogP contribution in [-0.2, 0) is 9.59 Å². The zero-order chi connectivity index (χ0) is 10.1. The van der Waals surface area contributed by atoms with Crippen molar-refractivity contribution in [1.82, 2.24) is 10.2 Å². The first-order chi connectivity index (χ1) is 6.70. The number of hydrogen-bond donors (Lipinski definition) is 2. The van der Waals surface area contributed by atoms with E-state index in [0.29, 0.717) is 6.54 Å². The molecule has 5 nitrogen and oxygen atoms in total. The fourth-order valence-corrected chi connectivity index (χ4v) is 2.02. The molecule has 2 saturated heterocycles. The molecule has 78 valence electrons. The molecule has 1 unspecified atom stereocenters. The summed E-state index contributed by atoms with van der Waals surface area (Å²) in [6.45, 7) is 2.16. The lowest BCUT2D eigenvalue weighted by Gasteiger charge is -2.32. The van der Waals surface area contributed by atoms with Crippen molar-refractivity contribution in [2.45, 2.75) is 18.9 Å². The minimum absolute atomic E-state index is 0.0648. The maximum absolute atomic E-state index is 11.8. The zero-order valence-electron chi connectivity index (χ0n) is 8.03. The van der Waals surface area contributed by atoms with Gasteiger partial charge in [-0.05, 0) is 12.8 Å². The van der Waals surface area contributed by atoms with E-state index in [4.69, 9.17) is 5.73 Å². The fraction of sp³-hybridized carbons (Fsp3) is 0.778. The minimum atomic E-state index is -0.372. The van der Waals surface area contributed by atoms with E-state index < -0.39 is 0 Å². The lowest BCUT2D eigenvalue weighted by atomic mass is 10.0. The van der Waals surface area contributed by atoms with E-state index in [-0.39, 0.29) is 23.8 Å². The highest BCUT2D eigenvalue weighted by molar-refractivity contribution is 5.88. The quantitative estimate of drug-likeness (QED) is 0.576. The first-order valence-corrected chi connectivity index (χ1v) is 5.00. The Morgan fingerprint density at radius 1 is 1.36 bits per heavy atom. The number of carbonyl (C=O) groups is 2. The Balaban J connectivity index is 2.01. The van der Waals surface area contributed by atoms with Gasteiger partial charge in [0.15, 0.2) is 0 Å². The molecule has 2 amide bonds. The Morgan fingerprint density at radius 2 is 2.07 bits per heavy atom. The standard InChI is InChI=1S/C9H15N3O2/c10-8(13)7-2-1-3-12(7)9(14)6-4-11-5-6/h6-7,11H,1-5H2,(H2,10,13). The Hall–Kier alpha value is -1.10. The normalized spacial score (nSPS) is 27.4. The van der Waals surface area contributed by atoms with Gasteiger partial charge in [-0.3, -0.25) is 9.59 Å². The largest absolute Gasteiger partial charge is 0.368 e. The van der Waals surface area contributed by atoms with E-state index >= 15 is 0 Å². The number of primary amides is 1. The van der Waals surface area contributed by atoms with E-state index in [1.54, 1.807) is 4.90 Å². The molecule has 5 heteroatoms. The summed E-state index contributed by atoms with van der Waals surface area (Å²) in [4.78, 5) is 24.5. The number of carbonyl (C=O) groups excluding carboxylic acids is 2. The molecule has 2 heterocycles. The first-order valence-electron chi connectivity index (χ1n) is 5.00. The maximum atomic E-state index is 11.8. The number of rotatable bonds is 2. The molecule has 2 rings (SSSR count). The number of nitrogens with one attached hydrogen (secondary N) is 1. The van der Waals surface area contributed by atoms with Crippen LogP contribution in [0.15, 0.2) is 0 Å². The summed E-state index contributed by atoms with van der Waals surface area (Å²) in [5, 5.41) is 3.05. The predicted octanol–water partition coefficient (Wildman–Crippen LogP) is -1.32. The van der Waals surface area contributed by atoms with E-state index in [9.17, 15) is 9.59 Å². The second kappa shape index (κ2) is 3.57. The summed E-state index contributed by atoms with van der Waals surface area (Å²) in [7, 11) is 0. The summed E-state index contributed by atoms with van der Waals surface area (Å²) < 4.78 is 0. The highest BCUT2D eigenvalue weighted by Gasteiger charge is 2.37. The van der Waals surface area contributed by atoms with Crippen molar-refractivity contribution in [2.24, 2.45) is 11.7 Å². The van der Waals surface area contributed by atoms with Gasteiger partial charge in [-0.2, -0.15) is 0 Å². The van der Waals surface area contributed by atoms with Crippen LogP contribution < -0.4 is 11.1 Å². The SMILES string of the molecule is NC(=O)C1CCCN1C(=O)C1CNC1. The van der Waals surface area contributed by atoms with Crippen molar-refractivity contribution in [3.8, 4) is 0 Å². The fourth-order valence-electron chi connectivity index (χ4n) is 2.02. The Kier molecular flexibility index (Phi) is 2.41. The van der Waals surface area contributed by atoms with Gasteiger partial charge < -0.3 is 16.0 Å². The van der Waals surface area contributed by atoms with Gasteiger partial charge in [0, 0.05) is 19.6 Å². The topological polar surface area (TPSA) is 75.4 Å². The molecule has 0 aromatic carbocycles. The van der Waals surface area contributed by atoms with Gasteiger partial charge in [-0.15, -0.1) is 0 Å². The van der Waals surface area contributed by atoms with E-state index in [2.05, 4.69) is 5.32 Å². The van der Waals surface area contributed by atoms with Crippen LogP contribution in [-0.4, -0.2) is 42.4 Å². The molecule has 2 fully saturated rings. The average molecular weight is 197 g/mol. The van der Waals surface area contributed by atoms with Crippen molar-refractivity contribution in [3.63, 3.8) is 0 Å². The molecule has 0 spiro atoms. The van der Waals surface area contributed by atoms with Gasteiger partial charge in [0.2, 0.25) is 11.8 Å². The monoisotopic (exact) mass is 197 g/mol. The van der Waals surface area contributed by atoms with Crippen LogP contribution in [0.2, 0.25) is 0 Å². The number of hydrogen-bond acceptors (Lipinski definition) is 3. The molecule has 0 saturated carbocycles. The van der Waals surface area contributed by atoms with Gasteiger partial charge >= 0.3 is 0 Å². The average Bonchev–Trinajstić information content (AvgIpc) is 2.47. The van der Waals surface area contributed by atoms with Crippen molar-refractivity contribution in [3.05, 3.63) is 0 Å². The Labute approximate surface area is 82.6 Å². The number of nitrogens with two attached hydrogens (primary N) is 1. The first kappa shape index (κ1) is 9.45. The van der Waals surface area contributed by atoms with Crippen LogP contribution in [0.1, 0.15) is 12.8 Å². The molecule has 1 atom stereocenters. The van der Waals surface area contributed by atoms with Gasteiger partial charge in [0.25, 0.3) is 0 Å². The maximum Gasteiger partial charge on any atom is 0.240 e. The highest BCUT2D eigenvalue weighted by Crippen LogP contribution is 2.20. The summed E-state index contributed by atoms with van der Waals surface area (Å²) in [5.41, 5.74) is 5.24. The van der Waals surface area contributed by atoms with Gasteiger partial charge in [0.1, 0.15) is 6.04 Å².